The van der Waals surface area contributed by atoms with Gasteiger partial charge in [-0.05, 0) is 18.6 Å². The van der Waals surface area contributed by atoms with Gasteiger partial charge in [0.2, 0.25) is 5.91 Å². The lowest BCUT2D eigenvalue weighted by Crippen LogP contribution is -2.12. The Morgan fingerprint density at radius 3 is 2.50 bits per heavy atom. The summed E-state index contributed by atoms with van der Waals surface area (Å²) in [5.41, 5.74) is 7.49. The van der Waals surface area contributed by atoms with Gasteiger partial charge in [-0.2, -0.15) is 0 Å². The van der Waals surface area contributed by atoms with Gasteiger partial charge in [0.15, 0.2) is 0 Å². The number of amides is 1. The fraction of sp³-hybridized carbons (Fsp3) is 0.300. The van der Waals surface area contributed by atoms with Crippen molar-refractivity contribution in [3.05, 3.63) is 29.8 Å². The summed E-state index contributed by atoms with van der Waals surface area (Å²) in [5, 5.41) is 2.74. The minimum atomic E-state index is -0.0758. The SMILES string of the molecule is CC(=O)Nc1ccccc1C(C)N.Cl. The summed E-state index contributed by atoms with van der Waals surface area (Å²) in [5.74, 6) is -0.0758. The van der Waals surface area contributed by atoms with Crippen LogP contribution in [0.4, 0.5) is 5.69 Å². The number of nitrogens with two attached hydrogens (primary N) is 1. The molecule has 1 atom stereocenters. The quantitative estimate of drug-likeness (QED) is 0.792. The van der Waals surface area contributed by atoms with E-state index in [-0.39, 0.29) is 24.4 Å². The molecule has 3 N–H and O–H groups in total. The molecular weight excluding hydrogens is 200 g/mol. The van der Waals surface area contributed by atoms with E-state index in [9.17, 15) is 4.79 Å². The van der Waals surface area contributed by atoms with E-state index in [1.54, 1.807) is 0 Å². The predicted octanol–water partition coefficient (Wildman–Crippen LogP) is 2.09. The lowest BCUT2D eigenvalue weighted by atomic mass is 10.1. The molecular formula is C10H15ClN2O. The monoisotopic (exact) mass is 214 g/mol. The average molecular weight is 215 g/mol. The molecule has 0 bridgehead atoms. The van der Waals surface area contributed by atoms with Crippen LogP contribution in [-0.2, 0) is 4.79 Å². The van der Waals surface area contributed by atoms with Crippen LogP contribution in [0, 0.1) is 0 Å². The van der Waals surface area contributed by atoms with Crippen molar-refractivity contribution in [3.63, 3.8) is 0 Å². The largest absolute Gasteiger partial charge is 0.326 e. The molecule has 0 aliphatic carbocycles. The molecule has 0 heterocycles. The van der Waals surface area contributed by atoms with Gasteiger partial charge < -0.3 is 11.1 Å². The van der Waals surface area contributed by atoms with Gasteiger partial charge in [0.05, 0.1) is 0 Å². The fourth-order valence-electron chi connectivity index (χ4n) is 1.20. The van der Waals surface area contributed by atoms with Crippen molar-refractivity contribution in [1.82, 2.24) is 0 Å². The third kappa shape index (κ3) is 3.36. The van der Waals surface area contributed by atoms with Crippen LogP contribution in [0.25, 0.3) is 0 Å². The van der Waals surface area contributed by atoms with E-state index in [4.69, 9.17) is 5.73 Å². The molecule has 0 saturated heterocycles. The number of rotatable bonds is 2. The first-order valence-corrected chi connectivity index (χ1v) is 4.23. The number of hydrogen-bond acceptors (Lipinski definition) is 2. The summed E-state index contributed by atoms with van der Waals surface area (Å²) in [6.45, 7) is 3.37. The molecule has 0 aromatic heterocycles. The van der Waals surface area contributed by atoms with Gasteiger partial charge >= 0.3 is 0 Å². The number of carbonyl (C=O) groups is 1. The van der Waals surface area contributed by atoms with Crippen LogP contribution in [-0.4, -0.2) is 5.91 Å². The number of halogens is 1. The molecule has 14 heavy (non-hydrogen) atoms. The summed E-state index contributed by atoms with van der Waals surface area (Å²) >= 11 is 0. The lowest BCUT2D eigenvalue weighted by molar-refractivity contribution is -0.114. The molecule has 0 aliphatic rings. The highest BCUT2D eigenvalue weighted by Gasteiger charge is 2.05. The summed E-state index contributed by atoms with van der Waals surface area (Å²) < 4.78 is 0. The Balaban J connectivity index is 0.00000169. The van der Waals surface area contributed by atoms with Crippen molar-refractivity contribution in [2.24, 2.45) is 5.73 Å². The number of anilines is 1. The first kappa shape index (κ1) is 12.9. The second-order valence-electron chi connectivity index (χ2n) is 3.06. The van der Waals surface area contributed by atoms with Crippen LogP contribution in [0.1, 0.15) is 25.5 Å². The Bertz CT molecular complexity index is 313. The van der Waals surface area contributed by atoms with E-state index in [2.05, 4.69) is 5.32 Å². The maximum Gasteiger partial charge on any atom is 0.221 e. The van der Waals surface area contributed by atoms with Crippen molar-refractivity contribution in [2.75, 3.05) is 5.32 Å². The van der Waals surface area contributed by atoms with E-state index < -0.39 is 0 Å². The second-order valence-corrected chi connectivity index (χ2v) is 3.06. The number of benzene rings is 1. The van der Waals surface area contributed by atoms with Crippen molar-refractivity contribution < 1.29 is 4.79 Å². The molecule has 1 unspecified atom stereocenters. The second kappa shape index (κ2) is 5.62. The third-order valence-corrected chi connectivity index (χ3v) is 1.76. The van der Waals surface area contributed by atoms with Crippen molar-refractivity contribution in [1.29, 1.82) is 0 Å². The summed E-state index contributed by atoms with van der Waals surface area (Å²) in [7, 11) is 0. The van der Waals surface area contributed by atoms with Gasteiger partial charge in [-0.3, -0.25) is 4.79 Å². The Morgan fingerprint density at radius 2 is 2.00 bits per heavy atom. The van der Waals surface area contributed by atoms with E-state index in [0.717, 1.165) is 11.3 Å². The minimum absolute atomic E-state index is 0. The van der Waals surface area contributed by atoms with Crippen LogP contribution >= 0.6 is 12.4 Å². The van der Waals surface area contributed by atoms with E-state index in [1.807, 2.05) is 31.2 Å². The zero-order chi connectivity index (χ0) is 9.84. The zero-order valence-electron chi connectivity index (χ0n) is 8.28. The van der Waals surface area contributed by atoms with E-state index in [1.165, 1.54) is 6.92 Å². The Labute approximate surface area is 90.1 Å². The van der Waals surface area contributed by atoms with Crippen LogP contribution < -0.4 is 11.1 Å². The topological polar surface area (TPSA) is 55.1 Å². The molecule has 0 aliphatic heterocycles. The molecule has 4 heteroatoms. The average Bonchev–Trinajstić information content (AvgIpc) is 2.03. The smallest absolute Gasteiger partial charge is 0.221 e. The number of carbonyl (C=O) groups excluding carboxylic acids is 1. The fourth-order valence-corrected chi connectivity index (χ4v) is 1.20. The van der Waals surface area contributed by atoms with Gasteiger partial charge in [0.1, 0.15) is 0 Å². The molecule has 78 valence electrons. The number of hydrogen-bond donors (Lipinski definition) is 2. The summed E-state index contributed by atoms with van der Waals surface area (Å²) in [6, 6.07) is 7.47. The minimum Gasteiger partial charge on any atom is -0.326 e. The zero-order valence-corrected chi connectivity index (χ0v) is 9.10. The van der Waals surface area contributed by atoms with Gasteiger partial charge in [-0.25, -0.2) is 0 Å². The highest BCUT2D eigenvalue weighted by atomic mass is 35.5. The van der Waals surface area contributed by atoms with E-state index in [0.29, 0.717) is 0 Å². The molecule has 1 aromatic rings. The molecule has 0 fully saturated rings. The summed E-state index contributed by atoms with van der Waals surface area (Å²) in [4.78, 5) is 10.8. The number of para-hydroxylation sites is 1. The molecule has 0 spiro atoms. The normalized spacial score (nSPS) is 11.4. The lowest BCUT2D eigenvalue weighted by Gasteiger charge is -2.12. The molecule has 1 rings (SSSR count). The molecule has 0 radical (unpaired) electrons. The van der Waals surface area contributed by atoms with Crippen LogP contribution in [0.3, 0.4) is 0 Å². The van der Waals surface area contributed by atoms with Gasteiger partial charge in [-0.15, -0.1) is 12.4 Å². The van der Waals surface area contributed by atoms with Gasteiger partial charge in [0, 0.05) is 18.7 Å². The van der Waals surface area contributed by atoms with Crippen molar-refractivity contribution in [2.45, 2.75) is 19.9 Å². The number of nitrogens with one attached hydrogen (secondary N) is 1. The third-order valence-electron chi connectivity index (χ3n) is 1.76. The predicted molar refractivity (Wildman–Crippen MR) is 60.6 cm³/mol. The van der Waals surface area contributed by atoms with Crippen molar-refractivity contribution >= 4 is 24.0 Å². The first-order valence-electron chi connectivity index (χ1n) is 4.23. The van der Waals surface area contributed by atoms with Crippen LogP contribution in [0.5, 0.6) is 0 Å². The van der Waals surface area contributed by atoms with Crippen LogP contribution in [0.15, 0.2) is 24.3 Å². The summed E-state index contributed by atoms with van der Waals surface area (Å²) in [6.07, 6.45) is 0. The van der Waals surface area contributed by atoms with Crippen molar-refractivity contribution in [3.8, 4) is 0 Å². The highest BCUT2D eigenvalue weighted by Crippen LogP contribution is 2.20. The molecule has 0 saturated carbocycles. The maximum absolute atomic E-state index is 10.8. The molecule has 1 amide bonds. The first-order chi connectivity index (χ1) is 6.11. The van der Waals surface area contributed by atoms with E-state index >= 15 is 0 Å². The van der Waals surface area contributed by atoms with Crippen LogP contribution in [0.2, 0.25) is 0 Å². The highest BCUT2D eigenvalue weighted by molar-refractivity contribution is 5.89. The molecule has 3 nitrogen and oxygen atoms in total. The molecule has 1 aromatic carbocycles. The Kier molecular flexibility index (Phi) is 5.20. The standard InChI is InChI=1S/C10H14N2O.ClH/c1-7(11)9-5-3-4-6-10(9)12-8(2)13;/h3-7H,11H2,1-2H3,(H,12,13);1H. The Morgan fingerprint density at radius 1 is 1.43 bits per heavy atom. The van der Waals surface area contributed by atoms with Gasteiger partial charge in [-0.1, -0.05) is 18.2 Å². The Hall–Kier alpha value is -1.06. The maximum atomic E-state index is 10.8. The van der Waals surface area contributed by atoms with Gasteiger partial charge in [0.25, 0.3) is 0 Å².